The predicted octanol–water partition coefficient (Wildman–Crippen LogP) is 3.90. The number of para-hydroxylation sites is 1. The van der Waals surface area contributed by atoms with Gasteiger partial charge in [-0.1, -0.05) is 48.5 Å². The number of carbonyl (C=O) groups excluding carboxylic acids is 1. The molecule has 1 fully saturated rings. The lowest BCUT2D eigenvalue weighted by Crippen LogP contribution is -2.44. The van der Waals surface area contributed by atoms with Gasteiger partial charge in [-0.25, -0.2) is 4.98 Å². The Hall–Kier alpha value is -3.12. The standard InChI is InChI=1S/C25H29N5O/c31-25(24-14-26-18-28-24)29-16-20-8-4-5-9-23(20)27-13-12-21-10-11-22(17-29)30(21)15-19-6-2-1-3-7-19/h1-9,14,18,21-22,27H,10-13,15-17H2,(H,26,28)/t21-,22+/m0/s1. The molecule has 0 saturated carbocycles. The summed E-state index contributed by atoms with van der Waals surface area (Å²) in [4.78, 5) is 25.1. The molecule has 2 atom stereocenters. The minimum Gasteiger partial charge on any atom is -0.385 e. The molecule has 3 heterocycles. The maximum Gasteiger partial charge on any atom is 0.272 e. The number of nitrogens with one attached hydrogen (secondary N) is 2. The van der Waals surface area contributed by atoms with Gasteiger partial charge in [0.05, 0.1) is 12.5 Å². The number of nitrogens with zero attached hydrogens (tertiary/aromatic N) is 3. The monoisotopic (exact) mass is 415 g/mol. The highest BCUT2D eigenvalue weighted by molar-refractivity contribution is 5.92. The molecule has 31 heavy (non-hydrogen) atoms. The van der Waals surface area contributed by atoms with Gasteiger partial charge >= 0.3 is 0 Å². The fraction of sp³-hybridized carbons (Fsp3) is 0.360. The highest BCUT2D eigenvalue weighted by atomic mass is 16.2. The maximum absolute atomic E-state index is 13.4. The number of aromatic amines is 1. The number of carbonyl (C=O) groups is 1. The fourth-order valence-electron chi connectivity index (χ4n) is 5.00. The minimum absolute atomic E-state index is 0.00895. The summed E-state index contributed by atoms with van der Waals surface area (Å²) in [5, 5.41) is 3.64. The number of benzene rings is 2. The van der Waals surface area contributed by atoms with Crippen LogP contribution in [0.25, 0.3) is 0 Å². The quantitative estimate of drug-likeness (QED) is 0.681. The fourth-order valence-corrected chi connectivity index (χ4v) is 5.00. The Morgan fingerprint density at radius 3 is 2.65 bits per heavy atom. The van der Waals surface area contributed by atoms with Crippen LogP contribution in [0.1, 0.15) is 40.9 Å². The summed E-state index contributed by atoms with van der Waals surface area (Å²) in [6.45, 7) is 3.17. The van der Waals surface area contributed by atoms with Crippen molar-refractivity contribution >= 4 is 11.6 Å². The Morgan fingerprint density at radius 1 is 1.00 bits per heavy atom. The number of hydrogen-bond acceptors (Lipinski definition) is 4. The number of rotatable bonds is 3. The van der Waals surface area contributed by atoms with Crippen LogP contribution in [0.3, 0.4) is 0 Å². The van der Waals surface area contributed by atoms with Crippen LogP contribution in [0.5, 0.6) is 0 Å². The zero-order valence-corrected chi connectivity index (χ0v) is 17.7. The summed E-state index contributed by atoms with van der Waals surface area (Å²) in [5.74, 6) is 0.00895. The van der Waals surface area contributed by atoms with Crippen molar-refractivity contribution in [1.29, 1.82) is 0 Å². The summed E-state index contributed by atoms with van der Waals surface area (Å²) in [7, 11) is 0. The average Bonchev–Trinajstić information content (AvgIpc) is 3.45. The van der Waals surface area contributed by atoms with E-state index >= 15 is 0 Å². The molecule has 6 heteroatoms. The molecule has 1 saturated heterocycles. The van der Waals surface area contributed by atoms with E-state index in [1.807, 2.05) is 11.0 Å². The predicted molar refractivity (Wildman–Crippen MR) is 122 cm³/mol. The topological polar surface area (TPSA) is 64.3 Å². The van der Waals surface area contributed by atoms with Crippen LogP contribution >= 0.6 is 0 Å². The van der Waals surface area contributed by atoms with Crippen molar-refractivity contribution in [2.75, 3.05) is 18.4 Å². The van der Waals surface area contributed by atoms with Crippen molar-refractivity contribution < 1.29 is 4.79 Å². The lowest BCUT2D eigenvalue weighted by Gasteiger charge is -2.33. The number of fused-ring (bicyclic) bond motifs is 3. The van der Waals surface area contributed by atoms with Crippen molar-refractivity contribution in [3.63, 3.8) is 0 Å². The lowest BCUT2D eigenvalue weighted by atomic mass is 10.1. The molecule has 2 aliphatic rings. The Balaban J connectivity index is 1.46. The van der Waals surface area contributed by atoms with Crippen molar-refractivity contribution in [3.8, 4) is 0 Å². The van der Waals surface area contributed by atoms with Gasteiger partial charge in [0, 0.05) is 44.0 Å². The second-order valence-electron chi connectivity index (χ2n) is 8.57. The van der Waals surface area contributed by atoms with Crippen molar-refractivity contribution in [3.05, 3.63) is 83.9 Å². The van der Waals surface area contributed by atoms with Gasteiger partial charge < -0.3 is 15.2 Å². The van der Waals surface area contributed by atoms with Gasteiger partial charge in [-0.05, 0) is 36.5 Å². The molecule has 160 valence electrons. The summed E-state index contributed by atoms with van der Waals surface area (Å²) in [6.07, 6.45) is 6.59. The Morgan fingerprint density at radius 2 is 1.81 bits per heavy atom. The third-order valence-corrected chi connectivity index (χ3v) is 6.60. The molecule has 2 aromatic carbocycles. The summed E-state index contributed by atoms with van der Waals surface area (Å²) in [6, 6.07) is 19.9. The van der Waals surface area contributed by atoms with Gasteiger partial charge in [-0.2, -0.15) is 0 Å². The van der Waals surface area contributed by atoms with Crippen LogP contribution in [0.2, 0.25) is 0 Å². The van der Waals surface area contributed by atoms with E-state index in [0.29, 0.717) is 24.3 Å². The van der Waals surface area contributed by atoms with E-state index in [-0.39, 0.29) is 5.91 Å². The first-order valence-electron chi connectivity index (χ1n) is 11.2. The number of anilines is 1. The third kappa shape index (κ3) is 4.35. The summed E-state index contributed by atoms with van der Waals surface area (Å²) in [5.41, 5.74) is 4.15. The van der Waals surface area contributed by atoms with E-state index in [9.17, 15) is 4.79 Å². The van der Waals surface area contributed by atoms with Gasteiger partial charge in [0.2, 0.25) is 0 Å². The normalized spacial score (nSPS) is 21.7. The van der Waals surface area contributed by atoms with Gasteiger partial charge in [-0.15, -0.1) is 0 Å². The Bertz CT molecular complexity index is 1000. The van der Waals surface area contributed by atoms with Crippen LogP contribution in [0.15, 0.2) is 67.1 Å². The van der Waals surface area contributed by atoms with E-state index in [0.717, 1.165) is 43.7 Å². The first-order valence-corrected chi connectivity index (χ1v) is 11.2. The highest BCUT2D eigenvalue weighted by Gasteiger charge is 2.35. The number of aromatic nitrogens is 2. The second kappa shape index (κ2) is 8.94. The van der Waals surface area contributed by atoms with Crippen LogP contribution in [0, 0.1) is 0 Å². The van der Waals surface area contributed by atoms with Crippen molar-refractivity contribution in [2.45, 2.75) is 44.4 Å². The van der Waals surface area contributed by atoms with E-state index < -0.39 is 0 Å². The second-order valence-corrected chi connectivity index (χ2v) is 8.57. The summed E-state index contributed by atoms with van der Waals surface area (Å²) >= 11 is 0. The van der Waals surface area contributed by atoms with Crippen LogP contribution in [0.4, 0.5) is 5.69 Å². The van der Waals surface area contributed by atoms with Crippen LogP contribution in [-0.2, 0) is 13.1 Å². The molecule has 6 nitrogen and oxygen atoms in total. The number of amides is 1. The average molecular weight is 416 g/mol. The smallest absolute Gasteiger partial charge is 0.272 e. The molecule has 3 aromatic rings. The number of hydrogen-bond donors (Lipinski definition) is 2. The molecule has 1 aromatic heterocycles. The third-order valence-electron chi connectivity index (χ3n) is 6.60. The van der Waals surface area contributed by atoms with Gasteiger partial charge in [-0.3, -0.25) is 9.69 Å². The van der Waals surface area contributed by atoms with E-state index in [4.69, 9.17) is 0 Å². The number of imidazole rings is 1. The number of H-pyrrole nitrogens is 1. The zero-order chi connectivity index (χ0) is 21.0. The van der Waals surface area contributed by atoms with Crippen molar-refractivity contribution in [1.82, 2.24) is 19.8 Å². The van der Waals surface area contributed by atoms with E-state index in [2.05, 4.69) is 68.7 Å². The highest BCUT2D eigenvalue weighted by Crippen LogP contribution is 2.31. The molecule has 1 amide bonds. The first-order chi connectivity index (χ1) is 15.3. The van der Waals surface area contributed by atoms with Gasteiger partial charge in [0.25, 0.3) is 5.91 Å². The molecule has 0 aliphatic carbocycles. The minimum atomic E-state index is 0.00895. The summed E-state index contributed by atoms with van der Waals surface area (Å²) < 4.78 is 0. The van der Waals surface area contributed by atoms with E-state index in [1.165, 1.54) is 12.0 Å². The van der Waals surface area contributed by atoms with E-state index in [1.54, 1.807) is 12.5 Å². The zero-order valence-electron chi connectivity index (χ0n) is 17.7. The molecule has 5 rings (SSSR count). The maximum atomic E-state index is 13.4. The molecule has 2 N–H and O–H groups in total. The molecule has 0 radical (unpaired) electrons. The van der Waals surface area contributed by atoms with Crippen molar-refractivity contribution in [2.24, 2.45) is 0 Å². The van der Waals surface area contributed by atoms with Crippen LogP contribution in [-0.4, -0.2) is 50.8 Å². The largest absolute Gasteiger partial charge is 0.385 e. The molecule has 0 spiro atoms. The Labute approximate surface area is 183 Å². The lowest BCUT2D eigenvalue weighted by molar-refractivity contribution is 0.0658. The first kappa shape index (κ1) is 19.8. The van der Waals surface area contributed by atoms with Crippen LogP contribution < -0.4 is 5.32 Å². The molecule has 0 unspecified atom stereocenters. The Kier molecular flexibility index (Phi) is 5.71. The SMILES string of the molecule is O=C(c1cnc[nH]1)N1Cc2ccccc2NCC[C@@H]2CC[C@H](C1)N2Cc1ccccc1. The van der Waals surface area contributed by atoms with Gasteiger partial charge in [0.15, 0.2) is 0 Å². The molecular formula is C25H29N5O. The van der Waals surface area contributed by atoms with Gasteiger partial charge in [0.1, 0.15) is 5.69 Å². The molecule has 2 aliphatic heterocycles. The molecular weight excluding hydrogens is 386 g/mol. The molecule has 2 bridgehead atoms.